The molecule has 1 aromatic carbocycles. The molecule has 10 nitrogen and oxygen atoms in total. The van der Waals surface area contributed by atoms with Crippen molar-refractivity contribution in [3.63, 3.8) is 0 Å². The molecule has 1 unspecified atom stereocenters. The summed E-state index contributed by atoms with van der Waals surface area (Å²) in [7, 11) is -9.97. The van der Waals surface area contributed by atoms with E-state index in [0.717, 1.165) is 30.4 Å². The molecule has 0 aromatic heterocycles. The normalized spacial score (nSPS) is 13.7. The highest BCUT2D eigenvalue weighted by molar-refractivity contribution is 7.60. The summed E-state index contributed by atoms with van der Waals surface area (Å²) < 4.78 is 30.7. The van der Waals surface area contributed by atoms with Crippen LogP contribution in [-0.4, -0.2) is 21.3 Å². The fourth-order valence-corrected chi connectivity index (χ4v) is 4.10. The highest BCUT2D eigenvalue weighted by atomic mass is 31.3. The van der Waals surface area contributed by atoms with Crippen LogP contribution in [0.4, 0.5) is 0 Å². The SMILES string of the molecule is CC(C)=CCC/C(C)=C/CC/C(=C/COP(=O)(O)OP(=O)(O)O)c1ccccc1.N.N.N. The van der Waals surface area contributed by atoms with Crippen molar-refractivity contribution in [2.45, 2.75) is 46.5 Å². The Balaban J connectivity index is -0.00000280. The van der Waals surface area contributed by atoms with Crippen LogP contribution in [0.15, 0.2) is 59.7 Å². The first kappa shape index (κ1) is 35.2. The summed E-state index contributed by atoms with van der Waals surface area (Å²) in [5, 5.41) is 0. The summed E-state index contributed by atoms with van der Waals surface area (Å²) in [6, 6.07) is 9.50. The highest BCUT2D eigenvalue weighted by Crippen LogP contribution is 2.57. The molecular formula is C20H39N3O7P2. The fourth-order valence-electron chi connectivity index (χ4n) is 2.57. The molecule has 0 heterocycles. The minimum atomic E-state index is -5.12. The molecular weight excluding hydrogens is 456 g/mol. The molecule has 12 heteroatoms. The van der Waals surface area contributed by atoms with E-state index in [1.54, 1.807) is 6.08 Å². The van der Waals surface area contributed by atoms with Gasteiger partial charge in [-0.1, -0.05) is 59.7 Å². The van der Waals surface area contributed by atoms with E-state index in [4.69, 9.17) is 9.79 Å². The lowest BCUT2D eigenvalue weighted by Crippen LogP contribution is -1.95. The summed E-state index contributed by atoms with van der Waals surface area (Å²) in [4.78, 5) is 26.7. The summed E-state index contributed by atoms with van der Waals surface area (Å²) >= 11 is 0. The second-order valence-corrected chi connectivity index (χ2v) is 9.67. The maximum atomic E-state index is 11.6. The van der Waals surface area contributed by atoms with Gasteiger partial charge in [-0.25, -0.2) is 9.13 Å². The van der Waals surface area contributed by atoms with E-state index >= 15 is 0 Å². The van der Waals surface area contributed by atoms with E-state index in [-0.39, 0.29) is 25.1 Å². The molecule has 32 heavy (non-hydrogen) atoms. The van der Waals surface area contributed by atoms with Crippen molar-refractivity contribution < 1.29 is 32.6 Å². The zero-order valence-electron chi connectivity index (χ0n) is 19.1. The Morgan fingerprint density at radius 3 is 1.97 bits per heavy atom. The van der Waals surface area contributed by atoms with E-state index in [9.17, 15) is 14.0 Å². The van der Waals surface area contributed by atoms with Gasteiger partial charge in [-0.05, 0) is 57.6 Å². The van der Waals surface area contributed by atoms with Gasteiger partial charge >= 0.3 is 15.6 Å². The zero-order valence-corrected chi connectivity index (χ0v) is 20.9. The van der Waals surface area contributed by atoms with Crippen molar-refractivity contribution in [3.05, 3.63) is 65.3 Å². The molecule has 1 atom stereocenters. The van der Waals surface area contributed by atoms with Crippen molar-refractivity contribution in [1.82, 2.24) is 18.5 Å². The standard InChI is InChI=1S/C20H30O7P2.3H3N/c1-17(2)9-7-10-18(3)11-8-14-20(19-12-5-4-6-13-19)15-16-26-29(24,25)27-28(21,22)23;;;/h4-6,9,11-13,15H,7-8,10,14,16H2,1-3H3,(H,24,25)(H2,21,22,23);3*1H3/b18-11+,20-15-;;;. The minimum absolute atomic E-state index is 0. The van der Waals surface area contributed by atoms with Crippen molar-refractivity contribution in [2.24, 2.45) is 0 Å². The average Bonchev–Trinajstić information content (AvgIpc) is 2.58. The van der Waals surface area contributed by atoms with Crippen LogP contribution >= 0.6 is 15.6 Å². The first-order chi connectivity index (χ1) is 13.5. The average molecular weight is 495 g/mol. The van der Waals surface area contributed by atoms with E-state index in [1.165, 1.54) is 11.1 Å². The van der Waals surface area contributed by atoms with Crippen LogP contribution < -0.4 is 18.5 Å². The van der Waals surface area contributed by atoms with Gasteiger partial charge in [0.2, 0.25) is 0 Å². The Hall–Kier alpha value is -1.42. The molecule has 0 saturated carbocycles. The van der Waals surface area contributed by atoms with Crippen LogP contribution in [0.5, 0.6) is 0 Å². The van der Waals surface area contributed by atoms with Crippen LogP contribution in [0.1, 0.15) is 52.0 Å². The summed E-state index contributed by atoms with van der Waals surface area (Å²) in [5.74, 6) is 0. The molecule has 12 N–H and O–H groups in total. The molecule has 1 rings (SSSR count). The van der Waals surface area contributed by atoms with Gasteiger partial charge in [0.15, 0.2) is 0 Å². The summed E-state index contributed by atoms with van der Waals surface area (Å²) in [6.45, 7) is 5.93. The number of allylic oxidation sites excluding steroid dienone is 5. The molecule has 0 fully saturated rings. The van der Waals surface area contributed by atoms with Crippen LogP contribution in [0, 0.1) is 0 Å². The molecule has 0 bridgehead atoms. The third kappa shape index (κ3) is 17.2. The number of phosphoric acid groups is 2. The topological polar surface area (TPSA) is 218 Å². The minimum Gasteiger partial charge on any atom is -0.344 e. The molecule has 0 aliphatic rings. The lowest BCUT2D eigenvalue weighted by molar-refractivity contribution is 0.191. The molecule has 1 aromatic rings. The number of hydrogen-bond acceptors (Lipinski definition) is 7. The van der Waals surface area contributed by atoms with Gasteiger partial charge in [-0.2, -0.15) is 4.31 Å². The molecule has 0 spiro atoms. The van der Waals surface area contributed by atoms with Crippen LogP contribution in [0.2, 0.25) is 0 Å². The quantitative estimate of drug-likeness (QED) is 0.141. The predicted molar refractivity (Wildman–Crippen MR) is 130 cm³/mol. The van der Waals surface area contributed by atoms with Gasteiger partial charge in [-0.3, -0.25) is 4.52 Å². The second-order valence-electron chi connectivity index (χ2n) is 6.84. The Bertz CT molecular complexity index is 833. The second kappa shape index (κ2) is 17.1. The summed E-state index contributed by atoms with van der Waals surface area (Å²) in [6.07, 6.45) is 9.46. The van der Waals surface area contributed by atoms with Crippen molar-refractivity contribution in [1.29, 1.82) is 0 Å². The third-order valence-corrected chi connectivity index (χ3v) is 6.07. The molecule has 0 amide bonds. The van der Waals surface area contributed by atoms with E-state index in [1.807, 2.05) is 30.3 Å². The maximum absolute atomic E-state index is 11.6. The van der Waals surface area contributed by atoms with Crippen LogP contribution in [-0.2, 0) is 18.0 Å². The Kier molecular flexibility index (Phi) is 18.8. The van der Waals surface area contributed by atoms with Crippen LogP contribution in [0.3, 0.4) is 0 Å². The number of rotatable bonds is 12. The first-order valence-electron chi connectivity index (χ1n) is 9.26. The van der Waals surface area contributed by atoms with Gasteiger partial charge in [0.05, 0.1) is 6.61 Å². The van der Waals surface area contributed by atoms with Crippen molar-refractivity contribution >= 4 is 21.2 Å². The van der Waals surface area contributed by atoms with E-state index in [2.05, 4.69) is 41.8 Å². The molecule has 186 valence electrons. The van der Waals surface area contributed by atoms with Gasteiger partial charge in [-0.15, -0.1) is 0 Å². The molecule has 0 radical (unpaired) electrons. The highest BCUT2D eigenvalue weighted by Gasteiger charge is 2.31. The van der Waals surface area contributed by atoms with E-state index in [0.29, 0.717) is 6.42 Å². The lowest BCUT2D eigenvalue weighted by Gasteiger charge is -2.12. The maximum Gasteiger partial charge on any atom is 0.481 e. The number of hydrogen-bond donors (Lipinski definition) is 6. The number of benzene rings is 1. The summed E-state index contributed by atoms with van der Waals surface area (Å²) in [5.41, 5.74) is 4.43. The lowest BCUT2D eigenvalue weighted by atomic mass is 9.99. The smallest absolute Gasteiger partial charge is 0.344 e. The fraction of sp³-hybridized carbons (Fsp3) is 0.400. The van der Waals surface area contributed by atoms with E-state index < -0.39 is 15.6 Å². The molecule has 0 aliphatic heterocycles. The first-order valence-corrected chi connectivity index (χ1v) is 12.3. The predicted octanol–water partition coefficient (Wildman–Crippen LogP) is 6.26. The Morgan fingerprint density at radius 1 is 0.875 bits per heavy atom. The third-order valence-electron chi connectivity index (χ3n) is 3.92. The molecule has 0 saturated heterocycles. The van der Waals surface area contributed by atoms with Crippen molar-refractivity contribution in [2.75, 3.05) is 6.61 Å². The van der Waals surface area contributed by atoms with Crippen molar-refractivity contribution in [3.8, 4) is 0 Å². The zero-order chi connectivity index (χ0) is 21.9. The Labute approximate surface area is 191 Å². The molecule has 0 aliphatic carbocycles. The Morgan fingerprint density at radius 2 is 1.44 bits per heavy atom. The monoisotopic (exact) mass is 495 g/mol. The largest absolute Gasteiger partial charge is 0.481 e. The van der Waals surface area contributed by atoms with Gasteiger partial charge in [0.1, 0.15) is 0 Å². The number of phosphoric ester groups is 1. The van der Waals surface area contributed by atoms with Crippen LogP contribution in [0.25, 0.3) is 5.57 Å². The van der Waals surface area contributed by atoms with Gasteiger partial charge in [0.25, 0.3) is 0 Å². The van der Waals surface area contributed by atoms with Gasteiger partial charge in [0, 0.05) is 0 Å². The van der Waals surface area contributed by atoms with Gasteiger partial charge < -0.3 is 33.1 Å².